The van der Waals surface area contributed by atoms with E-state index < -0.39 is 14.7 Å². The van der Waals surface area contributed by atoms with E-state index in [4.69, 9.17) is 10.2 Å². The van der Waals surface area contributed by atoms with E-state index in [1.807, 2.05) is 24.3 Å². The van der Waals surface area contributed by atoms with Crippen molar-refractivity contribution in [3.8, 4) is 0 Å². The number of benzene rings is 4. The predicted molar refractivity (Wildman–Crippen MR) is 175 cm³/mol. The highest BCUT2D eigenvalue weighted by molar-refractivity contribution is 7.73. The Hall–Kier alpha value is -2.82. The summed E-state index contributed by atoms with van der Waals surface area (Å²) in [4.78, 5) is 20.0. The van der Waals surface area contributed by atoms with Gasteiger partial charge in [-0.3, -0.25) is 9.13 Å². The molecule has 0 saturated carbocycles. The van der Waals surface area contributed by atoms with Crippen LogP contribution in [-0.4, -0.2) is 33.2 Å². The standard InChI is InChI=1S/2C12H11O2P.C10H22O2/c2*13-15(14,11-7-3-1-4-8-11)12-9-5-2-6-10-12;1-7(2)9(5-11)10(6-12)8(3)4/h2*1-10H,(H,13,14);7-12H,5-6H2,1-4H3. The zero-order chi connectivity index (χ0) is 31.2. The van der Waals surface area contributed by atoms with E-state index in [1.54, 1.807) is 97.1 Å². The van der Waals surface area contributed by atoms with Crippen molar-refractivity contribution in [1.82, 2.24) is 0 Å². The van der Waals surface area contributed by atoms with Crippen molar-refractivity contribution in [3.63, 3.8) is 0 Å². The minimum absolute atomic E-state index is 0.182. The van der Waals surface area contributed by atoms with Crippen molar-refractivity contribution in [2.75, 3.05) is 13.2 Å². The smallest absolute Gasteiger partial charge is 0.258 e. The van der Waals surface area contributed by atoms with Crippen LogP contribution >= 0.6 is 14.7 Å². The molecule has 0 radical (unpaired) electrons. The van der Waals surface area contributed by atoms with Gasteiger partial charge in [0.25, 0.3) is 14.7 Å². The molecule has 4 rings (SSSR count). The normalized spacial score (nSPS) is 12.9. The van der Waals surface area contributed by atoms with Crippen molar-refractivity contribution in [3.05, 3.63) is 121 Å². The van der Waals surface area contributed by atoms with E-state index in [9.17, 15) is 18.9 Å². The summed E-state index contributed by atoms with van der Waals surface area (Å²) < 4.78 is 24.3. The van der Waals surface area contributed by atoms with Crippen molar-refractivity contribution >= 4 is 36.0 Å². The van der Waals surface area contributed by atoms with Gasteiger partial charge in [0, 0.05) is 34.4 Å². The van der Waals surface area contributed by atoms with Gasteiger partial charge >= 0.3 is 0 Å². The number of hydrogen-bond donors (Lipinski definition) is 4. The monoisotopic (exact) mass is 610 g/mol. The van der Waals surface area contributed by atoms with Crippen LogP contribution in [-0.2, 0) is 9.13 Å². The minimum Gasteiger partial charge on any atom is -0.396 e. The lowest BCUT2D eigenvalue weighted by Crippen LogP contribution is -2.30. The molecule has 0 amide bonds. The fourth-order valence-electron chi connectivity index (χ4n) is 4.50. The first-order valence-corrected chi connectivity index (χ1v) is 17.4. The molecule has 0 aliphatic heterocycles. The van der Waals surface area contributed by atoms with Gasteiger partial charge in [0.2, 0.25) is 0 Å². The molecule has 4 aromatic rings. The Morgan fingerprint density at radius 1 is 0.452 bits per heavy atom. The van der Waals surface area contributed by atoms with Gasteiger partial charge in [-0.2, -0.15) is 0 Å². The first kappa shape index (κ1) is 35.4. The van der Waals surface area contributed by atoms with Crippen molar-refractivity contribution in [2.45, 2.75) is 27.7 Å². The molecular weight excluding hydrogens is 566 g/mol. The van der Waals surface area contributed by atoms with Gasteiger partial charge in [-0.05, 0) is 72.2 Å². The topological polar surface area (TPSA) is 115 Å². The molecular formula is C34H44O6P2. The molecule has 6 nitrogen and oxygen atoms in total. The summed E-state index contributed by atoms with van der Waals surface area (Å²) >= 11 is 0. The molecule has 4 N–H and O–H groups in total. The number of rotatable bonds is 9. The minimum atomic E-state index is -3.40. The maximum Gasteiger partial charge on any atom is 0.258 e. The molecule has 2 unspecified atom stereocenters. The fraction of sp³-hybridized carbons (Fsp3) is 0.294. The molecule has 0 bridgehead atoms. The van der Waals surface area contributed by atoms with Crippen LogP contribution in [0, 0.1) is 23.7 Å². The Balaban J connectivity index is 0.000000222. The Bertz CT molecular complexity index is 1180. The van der Waals surface area contributed by atoms with Crippen LogP contribution < -0.4 is 21.2 Å². The van der Waals surface area contributed by atoms with E-state index in [0.29, 0.717) is 33.1 Å². The molecule has 0 aliphatic carbocycles. The maximum absolute atomic E-state index is 12.2. The van der Waals surface area contributed by atoms with E-state index in [2.05, 4.69) is 27.7 Å². The fourth-order valence-corrected chi connectivity index (χ4v) is 7.40. The lowest BCUT2D eigenvalue weighted by atomic mass is 9.78. The molecule has 42 heavy (non-hydrogen) atoms. The number of aliphatic hydroxyl groups is 2. The molecule has 0 saturated heterocycles. The average molecular weight is 611 g/mol. The zero-order valence-electron chi connectivity index (χ0n) is 24.8. The molecule has 0 spiro atoms. The van der Waals surface area contributed by atoms with Crippen molar-refractivity contribution < 1.29 is 29.1 Å². The molecule has 8 heteroatoms. The first-order chi connectivity index (χ1) is 20.0. The van der Waals surface area contributed by atoms with Crippen LogP contribution in [0.15, 0.2) is 121 Å². The summed E-state index contributed by atoms with van der Waals surface area (Å²) in [7, 11) is -6.79. The quantitative estimate of drug-likeness (QED) is 0.191. The van der Waals surface area contributed by atoms with Crippen molar-refractivity contribution in [2.24, 2.45) is 23.7 Å². The lowest BCUT2D eigenvalue weighted by molar-refractivity contribution is 0.0633. The molecule has 0 aromatic heterocycles. The highest BCUT2D eigenvalue weighted by Gasteiger charge is 2.26. The van der Waals surface area contributed by atoms with Gasteiger partial charge in [-0.1, -0.05) is 100 Å². The lowest BCUT2D eigenvalue weighted by Gasteiger charge is -2.30. The first-order valence-electron chi connectivity index (χ1n) is 14.1. The second kappa shape index (κ2) is 17.3. The van der Waals surface area contributed by atoms with Crippen LogP contribution in [0.1, 0.15) is 27.7 Å². The van der Waals surface area contributed by atoms with Crippen LogP contribution in [0.2, 0.25) is 0 Å². The Kier molecular flexibility index (Phi) is 14.6. The third-order valence-corrected chi connectivity index (χ3v) is 11.1. The Morgan fingerprint density at radius 2 is 0.643 bits per heavy atom. The third-order valence-electron chi connectivity index (χ3n) is 7.11. The largest absolute Gasteiger partial charge is 0.396 e. The molecule has 0 aliphatic rings. The van der Waals surface area contributed by atoms with Gasteiger partial charge in [-0.25, -0.2) is 0 Å². The van der Waals surface area contributed by atoms with Crippen LogP contribution in [0.5, 0.6) is 0 Å². The highest BCUT2D eigenvalue weighted by Crippen LogP contribution is 2.38. The highest BCUT2D eigenvalue weighted by atomic mass is 31.2. The second-order valence-corrected chi connectivity index (χ2v) is 15.0. The average Bonchev–Trinajstić information content (AvgIpc) is 3.01. The number of aliphatic hydroxyl groups excluding tert-OH is 2. The molecule has 0 fully saturated rings. The summed E-state index contributed by atoms with van der Waals surface area (Å²) in [6, 6.07) is 34.8. The molecule has 0 heterocycles. The van der Waals surface area contributed by atoms with Crippen LogP contribution in [0.25, 0.3) is 0 Å². The Morgan fingerprint density at radius 3 is 0.786 bits per heavy atom. The second-order valence-electron chi connectivity index (χ2n) is 10.7. The predicted octanol–water partition coefficient (Wildman–Crippen LogP) is 5.33. The van der Waals surface area contributed by atoms with Crippen LogP contribution in [0.3, 0.4) is 0 Å². The van der Waals surface area contributed by atoms with Gasteiger partial charge in [0.1, 0.15) is 0 Å². The summed E-state index contributed by atoms with van der Waals surface area (Å²) in [5.74, 6) is 1.34. The summed E-state index contributed by atoms with van der Waals surface area (Å²) in [5.41, 5.74) is 0. The van der Waals surface area contributed by atoms with Crippen molar-refractivity contribution in [1.29, 1.82) is 0 Å². The third kappa shape index (κ3) is 10.2. The molecule has 4 aromatic carbocycles. The maximum atomic E-state index is 12.2. The van der Waals surface area contributed by atoms with E-state index in [1.165, 1.54) is 0 Å². The van der Waals surface area contributed by atoms with Gasteiger partial charge < -0.3 is 20.0 Å². The SMILES string of the molecule is CC(C)C(CO)C(CO)C(C)C.O=P(O)(c1ccccc1)c1ccccc1.O=P(O)(c1ccccc1)c1ccccc1. The summed E-state index contributed by atoms with van der Waals surface area (Å²) in [6.07, 6.45) is 0. The Labute approximate surface area is 250 Å². The van der Waals surface area contributed by atoms with Crippen LogP contribution in [0.4, 0.5) is 0 Å². The van der Waals surface area contributed by atoms with E-state index in [-0.39, 0.29) is 25.0 Å². The summed E-state index contributed by atoms with van der Waals surface area (Å²) in [5, 5.41) is 20.1. The van der Waals surface area contributed by atoms with E-state index in [0.717, 1.165) is 0 Å². The summed E-state index contributed by atoms with van der Waals surface area (Å²) in [6.45, 7) is 8.72. The molecule has 226 valence electrons. The van der Waals surface area contributed by atoms with Gasteiger partial charge in [0.15, 0.2) is 0 Å². The van der Waals surface area contributed by atoms with E-state index >= 15 is 0 Å². The molecule has 2 atom stereocenters. The number of hydrogen-bond acceptors (Lipinski definition) is 4. The van der Waals surface area contributed by atoms with Gasteiger partial charge in [-0.15, -0.1) is 0 Å². The van der Waals surface area contributed by atoms with Gasteiger partial charge in [0.05, 0.1) is 0 Å². The zero-order valence-corrected chi connectivity index (χ0v) is 26.6.